The van der Waals surface area contributed by atoms with Gasteiger partial charge in [0.15, 0.2) is 5.78 Å². The zero-order valence-corrected chi connectivity index (χ0v) is 16.2. The van der Waals surface area contributed by atoms with Gasteiger partial charge < -0.3 is 10.6 Å². The molecule has 2 heterocycles. The van der Waals surface area contributed by atoms with Crippen LogP contribution in [0.5, 0.6) is 0 Å². The standard InChI is InChI=1S/C19H27ClN2O2S/c20-16-8-12-25-18(16)17(23)14-6-10-22(11-7-14)9-5-13-1-3-15(4-2-13)19(21)24/h8,12-15H,1-7,9-11H2,(H2,21,24). The first-order valence-electron chi connectivity index (χ1n) is 9.33. The number of nitrogens with zero attached hydrogens (tertiary/aromatic N) is 1. The van der Waals surface area contributed by atoms with E-state index < -0.39 is 0 Å². The van der Waals surface area contributed by atoms with Crippen molar-refractivity contribution in [3.63, 3.8) is 0 Å². The molecule has 6 heteroatoms. The molecule has 0 atom stereocenters. The highest BCUT2D eigenvalue weighted by Gasteiger charge is 2.29. The van der Waals surface area contributed by atoms with Crippen molar-refractivity contribution in [3.05, 3.63) is 21.3 Å². The molecule has 138 valence electrons. The van der Waals surface area contributed by atoms with Crippen LogP contribution in [0.4, 0.5) is 0 Å². The molecule has 2 N–H and O–H groups in total. The Morgan fingerprint density at radius 1 is 1.12 bits per heavy atom. The largest absolute Gasteiger partial charge is 0.369 e. The molecule has 0 unspecified atom stereocenters. The number of rotatable bonds is 6. The Morgan fingerprint density at radius 3 is 2.36 bits per heavy atom. The van der Waals surface area contributed by atoms with E-state index in [0.717, 1.165) is 69.0 Å². The number of likely N-dealkylation sites (tertiary alicyclic amines) is 1. The number of amides is 1. The third-order valence-electron chi connectivity index (χ3n) is 5.90. The van der Waals surface area contributed by atoms with Crippen LogP contribution in [0.25, 0.3) is 0 Å². The summed E-state index contributed by atoms with van der Waals surface area (Å²) in [5.41, 5.74) is 5.40. The number of Topliss-reactive ketones (excluding diaryl/α,β-unsaturated/α-hetero) is 1. The van der Waals surface area contributed by atoms with Gasteiger partial charge in [-0.05, 0) is 81.9 Å². The van der Waals surface area contributed by atoms with Gasteiger partial charge in [-0.15, -0.1) is 11.3 Å². The molecule has 1 aliphatic carbocycles. The average Bonchev–Trinajstić information content (AvgIpc) is 3.06. The monoisotopic (exact) mass is 382 g/mol. The minimum absolute atomic E-state index is 0.0992. The van der Waals surface area contributed by atoms with Gasteiger partial charge in [-0.1, -0.05) is 11.6 Å². The van der Waals surface area contributed by atoms with E-state index in [9.17, 15) is 9.59 Å². The van der Waals surface area contributed by atoms with Crippen LogP contribution in [0.3, 0.4) is 0 Å². The van der Waals surface area contributed by atoms with E-state index in [1.807, 2.05) is 11.4 Å². The normalized spacial score (nSPS) is 25.8. The molecule has 1 aromatic rings. The van der Waals surface area contributed by atoms with Crippen LogP contribution in [0, 0.1) is 17.8 Å². The van der Waals surface area contributed by atoms with Crippen LogP contribution in [0.2, 0.25) is 5.02 Å². The van der Waals surface area contributed by atoms with Crippen molar-refractivity contribution in [2.75, 3.05) is 19.6 Å². The quantitative estimate of drug-likeness (QED) is 0.757. The average molecular weight is 383 g/mol. The maximum Gasteiger partial charge on any atom is 0.220 e. The van der Waals surface area contributed by atoms with Gasteiger partial charge >= 0.3 is 0 Å². The minimum atomic E-state index is -0.129. The van der Waals surface area contributed by atoms with Gasteiger partial charge in [0.25, 0.3) is 0 Å². The molecule has 25 heavy (non-hydrogen) atoms. The van der Waals surface area contributed by atoms with E-state index in [-0.39, 0.29) is 23.5 Å². The summed E-state index contributed by atoms with van der Waals surface area (Å²) in [6.07, 6.45) is 7.22. The molecule has 0 radical (unpaired) electrons. The van der Waals surface area contributed by atoms with Crippen molar-refractivity contribution >= 4 is 34.6 Å². The Kier molecular flexibility index (Phi) is 6.53. The summed E-state index contributed by atoms with van der Waals surface area (Å²) in [4.78, 5) is 27.0. The molecule has 2 aliphatic rings. The van der Waals surface area contributed by atoms with Gasteiger partial charge in [-0.25, -0.2) is 0 Å². The lowest BCUT2D eigenvalue weighted by Crippen LogP contribution is -2.37. The molecule has 0 bridgehead atoms. The number of hydrogen-bond acceptors (Lipinski definition) is 4. The van der Waals surface area contributed by atoms with E-state index in [2.05, 4.69) is 4.90 Å². The highest BCUT2D eigenvalue weighted by molar-refractivity contribution is 7.12. The SMILES string of the molecule is NC(=O)C1CCC(CCN2CCC(C(=O)c3sccc3Cl)CC2)CC1. The predicted octanol–water partition coefficient (Wildman–Crippen LogP) is 3.98. The number of ketones is 1. The Labute approximate surface area is 158 Å². The van der Waals surface area contributed by atoms with Crippen molar-refractivity contribution < 1.29 is 9.59 Å². The molecular formula is C19H27ClN2O2S. The fourth-order valence-electron chi connectivity index (χ4n) is 4.17. The molecule has 1 amide bonds. The summed E-state index contributed by atoms with van der Waals surface area (Å²) < 4.78 is 0. The van der Waals surface area contributed by atoms with Crippen LogP contribution in [0.1, 0.15) is 54.6 Å². The molecule has 2 fully saturated rings. The van der Waals surface area contributed by atoms with Crippen molar-refractivity contribution in [3.8, 4) is 0 Å². The van der Waals surface area contributed by atoms with Crippen molar-refractivity contribution in [2.24, 2.45) is 23.5 Å². The van der Waals surface area contributed by atoms with E-state index in [0.29, 0.717) is 5.02 Å². The van der Waals surface area contributed by atoms with E-state index in [1.165, 1.54) is 17.8 Å². The lowest BCUT2D eigenvalue weighted by atomic mass is 9.80. The third-order valence-corrected chi connectivity index (χ3v) is 7.26. The Balaban J connectivity index is 1.38. The number of primary amides is 1. The molecular weight excluding hydrogens is 356 g/mol. The topological polar surface area (TPSA) is 63.4 Å². The van der Waals surface area contributed by atoms with Gasteiger partial charge in [0, 0.05) is 11.8 Å². The molecule has 4 nitrogen and oxygen atoms in total. The van der Waals surface area contributed by atoms with Crippen molar-refractivity contribution in [1.82, 2.24) is 4.90 Å². The number of hydrogen-bond donors (Lipinski definition) is 1. The summed E-state index contributed by atoms with van der Waals surface area (Å²) in [5.74, 6) is 1.04. The van der Waals surface area contributed by atoms with Gasteiger partial charge in [0.1, 0.15) is 0 Å². The first kappa shape index (κ1) is 18.9. The first-order chi connectivity index (χ1) is 12.0. The number of nitrogens with two attached hydrogens (primary N) is 1. The van der Waals surface area contributed by atoms with Crippen molar-refractivity contribution in [2.45, 2.75) is 44.9 Å². The van der Waals surface area contributed by atoms with Gasteiger partial charge in [0.05, 0.1) is 9.90 Å². The molecule has 0 spiro atoms. The lowest BCUT2D eigenvalue weighted by molar-refractivity contribution is -0.123. The van der Waals surface area contributed by atoms with E-state index in [4.69, 9.17) is 17.3 Å². The summed E-state index contributed by atoms with van der Waals surface area (Å²) in [6, 6.07) is 1.81. The lowest BCUT2D eigenvalue weighted by Gasteiger charge is -2.33. The van der Waals surface area contributed by atoms with Crippen LogP contribution in [0.15, 0.2) is 11.4 Å². The third kappa shape index (κ3) is 4.83. The van der Waals surface area contributed by atoms with Crippen molar-refractivity contribution in [1.29, 1.82) is 0 Å². The predicted molar refractivity (Wildman–Crippen MR) is 102 cm³/mol. The van der Waals surface area contributed by atoms with Crippen LogP contribution < -0.4 is 5.73 Å². The molecule has 1 aliphatic heterocycles. The zero-order valence-electron chi connectivity index (χ0n) is 14.6. The highest BCUT2D eigenvalue weighted by Crippen LogP contribution is 2.32. The second-order valence-corrected chi connectivity index (χ2v) is 8.81. The Bertz CT molecular complexity index is 602. The maximum absolute atomic E-state index is 12.5. The molecule has 0 aromatic carbocycles. The van der Waals surface area contributed by atoms with E-state index in [1.54, 1.807) is 0 Å². The maximum atomic E-state index is 12.5. The molecule has 1 aromatic heterocycles. The number of carbonyl (C=O) groups is 2. The highest BCUT2D eigenvalue weighted by atomic mass is 35.5. The number of carbonyl (C=O) groups excluding carboxylic acids is 2. The molecule has 1 saturated carbocycles. The first-order valence-corrected chi connectivity index (χ1v) is 10.6. The number of halogens is 1. The minimum Gasteiger partial charge on any atom is -0.369 e. The molecule has 1 saturated heterocycles. The summed E-state index contributed by atoms with van der Waals surface area (Å²) >= 11 is 7.55. The van der Waals surface area contributed by atoms with Crippen LogP contribution >= 0.6 is 22.9 Å². The van der Waals surface area contributed by atoms with Crippen LogP contribution in [-0.4, -0.2) is 36.2 Å². The molecule has 3 rings (SSSR count). The van der Waals surface area contributed by atoms with Gasteiger partial charge in [-0.3, -0.25) is 9.59 Å². The summed E-state index contributed by atoms with van der Waals surface area (Å²) in [6.45, 7) is 3.10. The number of thiophene rings is 1. The number of piperidine rings is 1. The zero-order chi connectivity index (χ0) is 17.8. The van der Waals surface area contributed by atoms with Gasteiger partial charge in [0.2, 0.25) is 5.91 Å². The smallest absolute Gasteiger partial charge is 0.220 e. The Hall–Kier alpha value is -0.910. The summed E-state index contributed by atoms with van der Waals surface area (Å²) in [5, 5.41) is 2.49. The Morgan fingerprint density at radius 2 is 1.80 bits per heavy atom. The fraction of sp³-hybridized carbons (Fsp3) is 0.684. The second-order valence-electron chi connectivity index (χ2n) is 7.49. The van der Waals surface area contributed by atoms with Gasteiger partial charge in [-0.2, -0.15) is 0 Å². The summed E-state index contributed by atoms with van der Waals surface area (Å²) in [7, 11) is 0. The van der Waals surface area contributed by atoms with E-state index >= 15 is 0 Å². The van der Waals surface area contributed by atoms with Crippen LogP contribution in [-0.2, 0) is 4.79 Å². The second kappa shape index (κ2) is 8.65. The fourth-order valence-corrected chi connectivity index (χ4v) is 5.34.